The Kier molecular flexibility index (Phi) is 4.96. The molecule has 0 aromatic heterocycles. The van der Waals surface area contributed by atoms with Crippen molar-refractivity contribution in [1.82, 2.24) is 4.90 Å². The van der Waals surface area contributed by atoms with E-state index in [4.69, 9.17) is 0 Å². The van der Waals surface area contributed by atoms with Crippen molar-refractivity contribution < 1.29 is 13.2 Å². The Morgan fingerprint density at radius 2 is 1.90 bits per heavy atom. The number of halogens is 4. The molecular weight excluding hydrogens is 333 g/mol. The number of benzene rings is 1. The fraction of sp³-hybridized carbons (Fsp3) is 0.571. The molecule has 2 rings (SSSR count). The summed E-state index contributed by atoms with van der Waals surface area (Å²) in [5.74, 6) is 0. The number of alkyl halides is 3. The highest BCUT2D eigenvalue weighted by Crippen LogP contribution is 2.33. The van der Waals surface area contributed by atoms with Crippen LogP contribution in [-0.4, -0.2) is 30.6 Å². The van der Waals surface area contributed by atoms with Crippen LogP contribution in [0.5, 0.6) is 0 Å². The molecular formula is C14H18BrF3N2. The standard InChI is InChI=1S/C14H18BrF3N2/c1-2-20-5-3-12(4-6-20)19-13-8-10(14(16,17)18)7-11(15)9-13/h7-9,12,19H,2-6H2,1H3. The van der Waals surface area contributed by atoms with Crippen molar-refractivity contribution in [2.45, 2.75) is 32.0 Å². The minimum atomic E-state index is -4.31. The third-order valence-corrected chi connectivity index (χ3v) is 4.09. The Balaban J connectivity index is 2.05. The first kappa shape index (κ1) is 15.6. The molecule has 0 aliphatic carbocycles. The van der Waals surface area contributed by atoms with Gasteiger partial charge in [-0.1, -0.05) is 22.9 Å². The Bertz CT molecular complexity index is 454. The Morgan fingerprint density at radius 1 is 1.25 bits per heavy atom. The lowest BCUT2D eigenvalue weighted by molar-refractivity contribution is -0.137. The van der Waals surface area contributed by atoms with Crippen LogP contribution in [0.25, 0.3) is 0 Å². The van der Waals surface area contributed by atoms with Crippen LogP contribution >= 0.6 is 15.9 Å². The fourth-order valence-corrected chi connectivity index (χ4v) is 2.96. The summed E-state index contributed by atoms with van der Waals surface area (Å²) < 4.78 is 38.7. The van der Waals surface area contributed by atoms with E-state index in [-0.39, 0.29) is 6.04 Å². The lowest BCUT2D eigenvalue weighted by Crippen LogP contribution is -2.38. The number of nitrogens with one attached hydrogen (secondary N) is 1. The molecule has 0 saturated carbocycles. The predicted molar refractivity (Wildman–Crippen MR) is 77.9 cm³/mol. The molecule has 0 unspecified atom stereocenters. The molecule has 1 heterocycles. The number of hydrogen-bond acceptors (Lipinski definition) is 2. The van der Waals surface area contributed by atoms with Gasteiger partial charge in [-0.25, -0.2) is 0 Å². The van der Waals surface area contributed by atoms with Crippen molar-refractivity contribution in [2.75, 3.05) is 25.0 Å². The largest absolute Gasteiger partial charge is 0.416 e. The van der Waals surface area contributed by atoms with Crippen LogP contribution in [0.1, 0.15) is 25.3 Å². The Morgan fingerprint density at radius 3 is 2.45 bits per heavy atom. The number of likely N-dealkylation sites (tertiary alicyclic amines) is 1. The molecule has 2 nitrogen and oxygen atoms in total. The lowest BCUT2D eigenvalue weighted by Gasteiger charge is -2.32. The van der Waals surface area contributed by atoms with Gasteiger partial charge in [0.15, 0.2) is 0 Å². The highest BCUT2D eigenvalue weighted by atomic mass is 79.9. The average Bonchev–Trinajstić information content (AvgIpc) is 2.38. The molecule has 0 atom stereocenters. The van der Waals surface area contributed by atoms with Crippen molar-refractivity contribution in [3.05, 3.63) is 28.2 Å². The molecule has 6 heteroatoms. The third-order valence-electron chi connectivity index (χ3n) is 3.63. The Hall–Kier alpha value is -0.750. The SMILES string of the molecule is CCN1CCC(Nc2cc(Br)cc(C(F)(F)F)c2)CC1. The zero-order valence-corrected chi connectivity index (χ0v) is 12.9. The number of anilines is 1. The molecule has 1 fully saturated rings. The molecule has 0 radical (unpaired) electrons. The van der Waals surface area contributed by atoms with E-state index in [0.717, 1.165) is 38.5 Å². The van der Waals surface area contributed by atoms with Gasteiger partial charge >= 0.3 is 6.18 Å². The number of nitrogens with zero attached hydrogens (tertiary/aromatic N) is 1. The first-order valence-corrected chi connectivity index (χ1v) is 7.54. The molecule has 112 valence electrons. The molecule has 1 aliphatic rings. The van der Waals surface area contributed by atoms with Gasteiger partial charge in [-0.15, -0.1) is 0 Å². The van der Waals surface area contributed by atoms with Crippen molar-refractivity contribution in [1.29, 1.82) is 0 Å². The van der Waals surface area contributed by atoms with E-state index in [2.05, 4.69) is 33.1 Å². The van der Waals surface area contributed by atoms with Gasteiger partial charge in [0.05, 0.1) is 5.56 Å². The van der Waals surface area contributed by atoms with Gasteiger partial charge in [-0.05, 0) is 37.6 Å². The second-order valence-electron chi connectivity index (χ2n) is 5.08. The van der Waals surface area contributed by atoms with E-state index in [1.54, 1.807) is 6.07 Å². The van der Waals surface area contributed by atoms with Crippen molar-refractivity contribution >= 4 is 21.6 Å². The van der Waals surface area contributed by atoms with Crippen LogP contribution in [0, 0.1) is 0 Å². The van der Waals surface area contributed by atoms with Gasteiger partial charge in [-0.3, -0.25) is 0 Å². The summed E-state index contributed by atoms with van der Waals surface area (Å²) in [4.78, 5) is 2.35. The van der Waals surface area contributed by atoms with Gasteiger partial charge in [0.25, 0.3) is 0 Å². The smallest absolute Gasteiger partial charge is 0.382 e. The lowest BCUT2D eigenvalue weighted by atomic mass is 10.0. The minimum absolute atomic E-state index is 0.244. The number of hydrogen-bond donors (Lipinski definition) is 1. The maximum Gasteiger partial charge on any atom is 0.416 e. The molecule has 0 amide bonds. The summed E-state index contributed by atoms with van der Waals surface area (Å²) in [5.41, 5.74) is -0.0954. The predicted octanol–water partition coefficient (Wildman–Crippen LogP) is 4.36. The molecule has 1 aromatic carbocycles. The monoisotopic (exact) mass is 350 g/mol. The van der Waals surface area contributed by atoms with Crippen LogP contribution in [0.4, 0.5) is 18.9 Å². The normalized spacial score (nSPS) is 18.2. The van der Waals surface area contributed by atoms with Crippen LogP contribution in [0.2, 0.25) is 0 Å². The van der Waals surface area contributed by atoms with Gasteiger partial charge in [0.1, 0.15) is 0 Å². The van der Waals surface area contributed by atoms with Crippen LogP contribution < -0.4 is 5.32 Å². The highest BCUT2D eigenvalue weighted by Gasteiger charge is 2.31. The van der Waals surface area contributed by atoms with E-state index in [9.17, 15) is 13.2 Å². The summed E-state index contributed by atoms with van der Waals surface area (Å²) in [6.07, 6.45) is -2.39. The van der Waals surface area contributed by atoms with Crippen LogP contribution in [-0.2, 0) is 6.18 Å². The van der Waals surface area contributed by atoms with Crippen molar-refractivity contribution in [3.8, 4) is 0 Å². The molecule has 0 spiro atoms. The molecule has 20 heavy (non-hydrogen) atoms. The van der Waals surface area contributed by atoms with E-state index in [0.29, 0.717) is 10.2 Å². The maximum absolute atomic E-state index is 12.8. The van der Waals surface area contributed by atoms with E-state index in [1.807, 2.05) is 0 Å². The van der Waals surface area contributed by atoms with E-state index < -0.39 is 11.7 Å². The number of piperidine rings is 1. The highest BCUT2D eigenvalue weighted by molar-refractivity contribution is 9.10. The zero-order chi connectivity index (χ0) is 14.8. The number of rotatable bonds is 3. The van der Waals surface area contributed by atoms with Crippen molar-refractivity contribution in [3.63, 3.8) is 0 Å². The average molecular weight is 351 g/mol. The maximum atomic E-state index is 12.8. The summed E-state index contributed by atoms with van der Waals surface area (Å²) in [6, 6.07) is 4.22. The van der Waals surface area contributed by atoms with E-state index in [1.165, 1.54) is 6.07 Å². The molecule has 0 bridgehead atoms. The summed E-state index contributed by atoms with van der Waals surface area (Å²) in [5, 5.41) is 3.22. The quantitative estimate of drug-likeness (QED) is 0.870. The summed E-state index contributed by atoms with van der Waals surface area (Å²) in [7, 11) is 0. The molecule has 1 N–H and O–H groups in total. The van der Waals surface area contributed by atoms with Crippen LogP contribution in [0.3, 0.4) is 0 Å². The third kappa shape index (κ3) is 4.12. The van der Waals surface area contributed by atoms with Gasteiger partial charge in [-0.2, -0.15) is 13.2 Å². The Labute approximate surface area is 125 Å². The van der Waals surface area contributed by atoms with Crippen LogP contribution in [0.15, 0.2) is 22.7 Å². The zero-order valence-electron chi connectivity index (χ0n) is 11.3. The molecule has 1 aromatic rings. The molecule has 1 saturated heterocycles. The van der Waals surface area contributed by atoms with E-state index >= 15 is 0 Å². The minimum Gasteiger partial charge on any atom is -0.382 e. The van der Waals surface area contributed by atoms with Crippen molar-refractivity contribution in [2.24, 2.45) is 0 Å². The summed E-state index contributed by atoms with van der Waals surface area (Å²) in [6.45, 7) is 5.14. The summed E-state index contributed by atoms with van der Waals surface area (Å²) >= 11 is 3.14. The topological polar surface area (TPSA) is 15.3 Å². The first-order valence-electron chi connectivity index (χ1n) is 6.75. The second-order valence-corrected chi connectivity index (χ2v) is 5.99. The van der Waals surface area contributed by atoms with Gasteiger partial charge < -0.3 is 10.2 Å². The van der Waals surface area contributed by atoms with Gasteiger partial charge in [0, 0.05) is 29.3 Å². The fourth-order valence-electron chi connectivity index (χ4n) is 2.47. The molecule has 1 aliphatic heterocycles. The van der Waals surface area contributed by atoms with Gasteiger partial charge in [0.2, 0.25) is 0 Å². The second kappa shape index (κ2) is 6.35. The first-order chi connectivity index (χ1) is 9.38.